The molecule has 0 aliphatic heterocycles. The topological polar surface area (TPSA) is 9.23 Å². The van der Waals surface area contributed by atoms with E-state index in [-0.39, 0.29) is 0 Å². The van der Waals surface area contributed by atoms with Crippen molar-refractivity contribution in [1.82, 2.24) is 0 Å². The van der Waals surface area contributed by atoms with Crippen LogP contribution >= 0.6 is 11.8 Å². The second kappa shape index (κ2) is 4.08. The maximum Gasteiger partial charge on any atom is 0.242 e. The van der Waals surface area contributed by atoms with Gasteiger partial charge in [-0.05, 0) is 38.9 Å². The Morgan fingerprint density at radius 2 is 1.90 bits per heavy atom. The number of hydrogen-bond donors (Lipinski definition) is 0. The molecule has 0 bridgehead atoms. The molecule has 0 radical (unpaired) electrons. The zero-order valence-electron chi connectivity index (χ0n) is 7.39. The van der Waals surface area contributed by atoms with Crippen LogP contribution in [0.5, 0.6) is 0 Å². The Labute approximate surface area is 69.0 Å². The molecule has 0 aromatic rings. The van der Waals surface area contributed by atoms with Crippen molar-refractivity contribution < 1.29 is 4.43 Å². The lowest BCUT2D eigenvalue weighted by molar-refractivity contribution is 0.463. The average Bonchev–Trinajstić information content (AvgIpc) is 1.81. The Hall–Kier alpha value is 0.107. The highest BCUT2D eigenvalue weighted by molar-refractivity contribution is 8.02. The molecule has 0 saturated carbocycles. The fraction of sp³-hybridized carbons (Fsp3) is 0.714. The fourth-order valence-electron chi connectivity index (χ4n) is 0.520. The van der Waals surface area contributed by atoms with Gasteiger partial charge in [0.25, 0.3) is 0 Å². The highest BCUT2D eigenvalue weighted by Crippen LogP contribution is 2.18. The van der Waals surface area contributed by atoms with Gasteiger partial charge in [-0.25, -0.2) is 0 Å². The van der Waals surface area contributed by atoms with E-state index in [0.29, 0.717) is 0 Å². The maximum atomic E-state index is 5.70. The van der Waals surface area contributed by atoms with Crippen LogP contribution in [0.15, 0.2) is 11.2 Å². The van der Waals surface area contributed by atoms with Crippen LogP contribution in [0.25, 0.3) is 0 Å². The largest absolute Gasteiger partial charge is 0.540 e. The summed E-state index contributed by atoms with van der Waals surface area (Å²) < 4.78 is 5.70. The summed E-state index contributed by atoms with van der Waals surface area (Å²) in [6.07, 6.45) is 4.05. The zero-order valence-corrected chi connectivity index (χ0v) is 9.21. The molecule has 0 fully saturated rings. The van der Waals surface area contributed by atoms with E-state index >= 15 is 0 Å². The van der Waals surface area contributed by atoms with Gasteiger partial charge in [-0.2, -0.15) is 0 Å². The Balaban J connectivity index is 3.88. The Kier molecular flexibility index (Phi) is 4.13. The highest BCUT2D eigenvalue weighted by atomic mass is 32.2. The predicted molar refractivity (Wildman–Crippen MR) is 51.7 cm³/mol. The molecule has 0 N–H and O–H groups in total. The van der Waals surface area contributed by atoms with Gasteiger partial charge in [0.1, 0.15) is 5.09 Å². The molecule has 0 aromatic carbocycles. The molecule has 1 nitrogen and oxygen atoms in total. The lowest BCUT2D eigenvalue weighted by atomic mass is 10.7. The monoisotopic (exact) mass is 176 g/mol. The van der Waals surface area contributed by atoms with E-state index in [1.165, 1.54) is 0 Å². The minimum atomic E-state index is -1.35. The number of thioether (sulfide) groups is 1. The standard InChI is InChI=1S/C7H16OSSi/c1-6-7(9-2)8-10(3,4)5/h6H,1-5H3/b7-6+. The van der Waals surface area contributed by atoms with Crippen LogP contribution in [0, 0.1) is 0 Å². The summed E-state index contributed by atoms with van der Waals surface area (Å²) in [5.74, 6) is 0. The number of hydrogen-bond acceptors (Lipinski definition) is 2. The maximum absolute atomic E-state index is 5.70. The summed E-state index contributed by atoms with van der Waals surface area (Å²) in [5, 5.41) is 1.05. The van der Waals surface area contributed by atoms with Gasteiger partial charge in [0.05, 0.1) is 0 Å². The molecule has 0 aromatic heterocycles. The molecular formula is C7H16OSSi. The third-order valence-electron chi connectivity index (χ3n) is 0.844. The average molecular weight is 176 g/mol. The molecule has 0 saturated heterocycles. The minimum absolute atomic E-state index is 1.05. The number of rotatable bonds is 3. The van der Waals surface area contributed by atoms with E-state index in [9.17, 15) is 0 Å². The second-order valence-corrected chi connectivity index (χ2v) is 8.27. The summed E-state index contributed by atoms with van der Waals surface area (Å²) in [4.78, 5) is 0. The van der Waals surface area contributed by atoms with Crippen molar-refractivity contribution in [3.63, 3.8) is 0 Å². The van der Waals surface area contributed by atoms with Crippen LogP contribution in [0.2, 0.25) is 19.6 Å². The van der Waals surface area contributed by atoms with E-state index in [1.54, 1.807) is 11.8 Å². The van der Waals surface area contributed by atoms with Gasteiger partial charge < -0.3 is 4.43 Å². The van der Waals surface area contributed by atoms with Crippen molar-refractivity contribution in [2.45, 2.75) is 26.6 Å². The van der Waals surface area contributed by atoms with Gasteiger partial charge in [-0.3, -0.25) is 0 Å². The summed E-state index contributed by atoms with van der Waals surface area (Å²) >= 11 is 1.67. The van der Waals surface area contributed by atoms with Crippen molar-refractivity contribution in [1.29, 1.82) is 0 Å². The number of allylic oxidation sites excluding steroid dienone is 1. The SMILES string of the molecule is C/C=C(\O[Si](C)(C)C)SC. The Morgan fingerprint density at radius 3 is 2.00 bits per heavy atom. The van der Waals surface area contributed by atoms with Gasteiger partial charge in [0, 0.05) is 0 Å². The molecule has 0 unspecified atom stereocenters. The molecule has 10 heavy (non-hydrogen) atoms. The summed E-state index contributed by atoms with van der Waals surface area (Å²) in [6, 6.07) is 0. The van der Waals surface area contributed by atoms with Crippen LogP contribution in [0.4, 0.5) is 0 Å². The summed E-state index contributed by atoms with van der Waals surface area (Å²) in [6.45, 7) is 8.57. The lowest BCUT2D eigenvalue weighted by Crippen LogP contribution is -2.23. The third-order valence-corrected chi connectivity index (χ3v) is 2.55. The Morgan fingerprint density at radius 1 is 1.40 bits per heavy atom. The first-order valence-electron chi connectivity index (χ1n) is 3.39. The van der Waals surface area contributed by atoms with Crippen LogP contribution in [0.3, 0.4) is 0 Å². The fourth-order valence-corrected chi connectivity index (χ4v) is 2.56. The smallest absolute Gasteiger partial charge is 0.242 e. The van der Waals surface area contributed by atoms with Crippen molar-refractivity contribution >= 4 is 20.1 Å². The van der Waals surface area contributed by atoms with Crippen LogP contribution < -0.4 is 0 Å². The van der Waals surface area contributed by atoms with Gasteiger partial charge in [-0.15, -0.1) is 0 Å². The lowest BCUT2D eigenvalue weighted by Gasteiger charge is -2.19. The second-order valence-electron chi connectivity index (χ2n) is 3.03. The first kappa shape index (κ1) is 10.1. The molecule has 0 amide bonds. The van der Waals surface area contributed by atoms with E-state index < -0.39 is 8.32 Å². The first-order valence-corrected chi connectivity index (χ1v) is 8.02. The molecule has 0 rings (SSSR count). The highest BCUT2D eigenvalue weighted by Gasteiger charge is 2.16. The summed E-state index contributed by atoms with van der Waals surface area (Å²) in [5.41, 5.74) is 0. The van der Waals surface area contributed by atoms with Crippen LogP contribution in [0.1, 0.15) is 6.92 Å². The molecule has 0 aliphatic carbocycles. The van der Waals surface area contributed by atoms with Crippen molar-refractivity contribution in [3.8, 4) is 0 Å². The van der Waals surface area contributed by atoms with Crippen LogP contribution in [-0.2, 0) is 4.43 Å². The zero-order chi connectivity index (χ0) is 8.20. The third kappa shape index (κ3) is 4.94. The molecule has 0 aliphatic rings. The molecule has 0 heterocycles. The van der Waals surface area contributed by atoms with Gasteiger partial charge in [0.15, 0.2) is 0 Å². The molecule has 0 atom stereocenters. The molecule has 3 heteroatoms. The van der Waals surface area contributed by atoms with Gasteiger partial charge in [0.2, 0.25) is 8.32 Å². The molecule has 0 spiro atoms. The van der Waals surface area contributed by atoms with Crippen LogP contribution in [-0.4, -0.2) is 14.6 Å². The summed E-state index contributed by atoms with van der Waals surface area (Å²) in [7, 11) is -1.35. The molecular weight excluding hydrogens is 160 g/mol. The van der Waals surface area contributed by atoms with Crippen molar-refractivity contribution in [2.24, 2.45) is 0 Å². The van der Waals surface area contributed by atoms with E-state index in [1.807, 2.05) is 19.3 Å². The van der Waals surface area contributed by atoms with E-state index in [2.05, 4.69) is 19.6 Å². The molecule has 60 valence electrons. The van der Waals surface area contributed by atoms with Crippen molar-refractivity contribution in [3.05, 3.63) is 11.2 Å². The minimum Gasteiger partial charge on any atom is -0.540 e. The van der Waals surface area contributed by atoms with E-state index in [4.69, 9.17) is 4.43 Å². The Bertz CT molecular complexity index is 126. The van der Waals surface area contributed by atoms with Gasteiger partial charge in [-0.1, -0.05) is 11.8 Å². The quantitative estimate of drug-likeness (QED) is 0.483. The predicted octanol–water partition coefficient (Wildman–Crippen LogP) is 3.06. The van der Waals surface area contributed by atoms with Gasteiger partial charge >= 0.3 is 0 Å². The van der Waals surface area contributed by atoms with E-state index in [0.717, 1.165) is 5.09 Å². The van der Waals surface area contributed by atoms with Crippen molar-refractivity contribution in [2.75, 3.05) is 6.26 Å². The first-order chi connectivity index (χ1) is 4.49. The normalized spacial score (nSPS) is 13.5.